The fraction of sp³-hybridized carbons (Fsp3) is 0.400. The van der Waals surface area contributed by atoms with Crippen LogP contribution in [-0.2, 0) is 0 Å². The lowest BCUT2D eigenvalue weighted by Gasteiger charge is -2.30. The first kappa shape index (κ1) is 23.8. The Hall–Kier alpha value is -3.33. The van der Waals surface area contributed by atoms with Crippen LogP contribution in [0.4, 0.5) is 17.5 Å². The molecule has 34 heavy (non-hydrogen) atoms. The number of rotatable bonds is 7. The summed E-state index contributed by atoms with van der Waals surface area (Å²) in [7, 11) is 7.29. The van der Waals surface area contributed by atoms with Gasteiger partial charge in [0.2, 0.25) is 5.95 Å². The van der Waals surface area contributed by atoms with Crippen molar-refractivity contribution in [1.29, 1.82) is 0 Å². The smallest absolute Gasteiger partial charge is 0.225 e. The van der Waals surface area contributed by atoms with E-state index in [9.17, 15) is 0 Å². The topological polar surface area (TPSA) is 83.6 Å². The van der Waals surface area contributed by atoms with Crippen molar-refractivity contribution in [1.82, 2.24) is 15.3 Å². The number of ether oxygens (including phenoxy) is 2. The fourth-order valence-electron chi connectivity index (χ4n) is 4.29. The standard InChI is InChI=1S/C25H32N6O2S/c1-31(2)23-19-7-5-6-8-20(19)28-24(30-23)26-16-9-11-17(12-10-16)27-25(34)29-21-15-18(32-3)13-14-22(21)33-4/h5-8,13-17H,9-12H2,1-4H3,(H,26,28,30)(H2,27,29,34)/t16-,17+. The number of hydrogen-bond donors (Lipinski definition) is 3. The van der Waals surface area contributed by atoms with E-state index in [1.807, 2.05) is 55.4 Å². The van der Waals surface area contributed by atoms with E-state index < -0.39 is 0 Å². The van der Waals surface area contributed by atoms with Gasteiger partial charge >= 0.3 is 0 Å². The van der Waals surface area contributed by atoms with E-state index in [0.29, 0.717) is 28.9 Å². The molecule has 0 radical (unpaired) electrons. The van der Waals surface area contributed by atoms with Crippen molar-refractivity contribution in [2.24, 2.45) is 0 Å². The predicted molar refractivity (Wildman–Crippen MR) is 142 cm³/mol. The van der Waals surface area contributed by atoms with Gasteiger partial charge in [-0.05, 0) is 62.2 Å². The van der Waals surface area contributed by atoms with Crippen LogP contribution in [-0.4, -0.2) is 55.5 Å². The largest absolute Gasteiger partial charge is 0.497 e. The zero-order chi connectivity index (χ0) is 24.1. The number of hydrogen-bond acceptors (Lipinski definition) is 7. The molecule has 1 aliphatic rings. The van der Waals surface area contributed by atoms with Crippen LogP contribution < -0.4 is 30.3 Å². The summed E-state index contributed by atoms with van der Waals surface area (Å²) >= 11 is 5.56. The predicted octanol–water partition coefficient (Wildman–Crippen LogP) is 4.42. The van der Waals surface area contributed by atoms with Gasteiger partial charge in [0, 0.05) is 37.6 Å². The van der Waals surface area contributed by atoms with Crippen LogP contribution in [0.5, 0.6) is 11.5 Å². The van der Waals surface area contributed by atoms with Gasteiger partial charge in [-0.25, -0.2) is 4.98 Å². The summed E-state index contributed by atoms with van der Waals surface area (Å²) in [4.78, 5) is 11.5. The SMILES string of the molecule is COc1ccc(OC)c(NC(=S)N[C@H]2CC[C@@H](Nc3nc(N(C)C)c4ccccc4n3)CC2)c1. The van der Waals surface area contributed by atoms with E-state index in [1.165, 1.54) is 0 Å². The Balaban J connectivity index is 1.33. The van der Waals surface area contributed by atoms with Gasteiger partial charge in [0.15, 0.2) is 5.11 Å². The van der Waals surface area contributed by atoms with E-state index in [4.69, 9.17) is 31.7 Å². The van der Waals surface area contributed by atoms with Crippen LogP contribution in [0.1, 0.15) is 25.7 Å². The van der Waals surface area contributed by atoms with E-state index in [2.05, 4.69) is 22.0 Å². The Kier molecular flexibility index (Phi) is 7.52. The Morgan fingerprint density at radius 2 is 1.71 bits per heavy atom. The minimum atomic E-state index is 0.310. The van der Waals surface area contributed by atoms with Crippen LogP contribution in [0.3, 0.4) is 0 Å². The maximum atomic E-state index is 5.56. The highest BCUT2D eigenvalue weighted by atomic mass is 32.1. The van der Waals surface area contributed by atoms with Gasteiger partial charge < -0.3 is 30.3 Å². The molecule has 2 aromatic carbocycles. The normalized spacial score (nSPS) is 17.6. The van der Waals surface area contributed by atoms with Crippen molar-refractivity contribution >= 4 is 45.7 Å². The number of methoxy groups -OCH3 is 2. The first-order chi connectivity index (χ1) is 16.5. The summed E-state index contributed by atoms with van der Waals surface area (Å²) in [6.45, 7) is 0. The number of para-hydroxylation sites is 1. The van der Waals surface area contributed by atoms with Crippen molar-refractivity contribution in [2.75, 3.05) is 43.8 Å². The van der Waals surface area contributed by atoms with Crippen LogP contribution in [0.25, 0.3) is 10.9 Å². The fourth-order valence-corrected chi connectivity index (χ4v) is 4.56. The number of benzene rings is 2. The number of thiocarbonyl (C=S) groups is 1. The summed E-state index contributed by atoms with van der Waals surface area (Å²) in [5, 5.41) is 11.9. The molecule has 0 aliphatic heterocycles. The first-order valence-electron chi connectivity index (χ1n) is 11.5. The summed E-state index contributed by atoms with van der Waals surface area (Å²) < 4.78 is 10.7. The van der Waals surface area contributed by atoms with Gasteiger partial charge in [-0.15, -0.1) is 0 Å². The second kappa shape index (κ2) is 10.7. The minimum absolute atomic E-state index is 0.310. The quantitative estimate of drug-likeness (QED) is 0.426. The van der Waals surface area contributed by atoms with Crippen LogP contribution >= 0.6 is 12.2 Å². The molecule has 1 fully saturated rings. The lowest BCUT2D eigenvalue weighted by Crippen LogP contribution is -2.42. The maximum Gasteiger partial charge on any atom is 0.225 e. The van der Waals surface area contributed by atoms with Gasteiger partial charge in [0.05, 0.1) is 25.4 Å². The molecule has 0 amide bonds. The maximum absolute atomic E-state index is 5.56. The van der Waals surface area contributed by atoms with E-state index in [-0.39, 0.29) is 0 Å². The summed E-state index contributed by atoms with van der Waals surface area (Å²) in [5.41, 5.74) is 1.73. The third-order valence-electron chi connectivity index (χ3n) is 6.06. The van der Waals surface area contributed by atoms with E-state index in [1.54, 1.807) is 14.2 Å². The number of anilines is 3. The molecular weight excluding hydrogens is 448 g/mol. The second-order valence-electron chi connectivity index (χ2n) is 8.64. The Morgan fingerprint density at radius 1 is 0.971 bits per heavy atom. The molecule has 0 spiro atoms. The van der Waals surface area contributed by atoms with Crippen LogP contribution in [0.2, 0.25) is 0 Å². The zero-order valence-electron chi connectivity index (χ0n) is 20.1. The van der Waals surface area contributed by atoms with Crippen molar-refractivity contribution in [3.8, 4) is 11.5 Å². The van der Waals surface area contributed by atoms with Gasteiger partial charge in [-0.1, -0.05) is 12.1 Å². The summed E-state index contributed by atoms with van der Waals surface area (Å²) in [6, 6.07) is 14.3. The molecule has 0 saturated heterocycles. The highest BCUT2D eigenvalue weighted by Crippen LogP contribution is 2.29. The molecule has 1 aromatic heterocycles. The molecule has 3 aromatic rings. The second-order valence-corrected chi connectivity index (χ2v) is 9.05. The molecule has 8 nitrogen and oxygen atoms in total. The molecule has 0 bridgehead atoms. The molecule has 1 aliphatic carbocycles. The Morgan fingerprint density at radius 3 is 2.41 bits per heavy atom. The molecule has 0 atom stereocenters. The average Bonchev–Trinajstić information content (AvgIpc) is 2.84. The zero-order valence-corrected chi connectivity index (χ0v) is 20.9. The number of aromatic nitrogens is 2. The molecule has 1 heterocycles. The molecule has 0 unspecified atom stereocenters. The van der Waals surface area contributed by atoms with Crippen molar-refractivity contribution < 1.29 is 9.47 Å². The number of fused-ring (bicyclic) bond motifs is 1. The highest BCUT2D eigenvalue weighted by Gasteiger charge is 2.23. The molecule has 180 valence electrons. The molecule has 3 N–H and O–H groups in total. The lowest BCUT2D eigenvalue weighted by atomic mass is 9.91. The van der Waals surface area contributed by atoms with E-state index >= 15 is 0 Å². The number of nitrogens with one attached hydrogen (secondary N) is 3. The summed E-state index contributed by atoms with van der Waals surface area (Å²) in [6.07, 6.45) is 4.03. The van der Waals surface area contributed by atoms with Gasteiger partial charge in [0.1, 0.15) is 17.3 Å². The summed E-state index contributed by atoms with van der Waals surface area (Å²) in [5.74, 6) is 3.06. The van der Waals surface area contributed by atoms with Crippen LogP contribution in [0, 0.1) is 0 Å². The monoisotopic (exact) mass is 480 g/mol. The van der Waals surface area contributed by atoms with Crippen molar-refractivity contribution in [3.05, 3.63) is 42.5 Å². The minimum Gasteiger partial charge on any atom is -0.497 e. The molecule has 1 saturated carbocycles. The van der Waals surface area contributed by atoms with Crippen LogP contribution in [0.15, 0.2) is 42.5 Å². The lowest BCUT2D eigenvalue weighted by molar-refractivity contribution is 0.387. The third-order valence-corrected chi connectivity index (χ3v) is 6.28. The third kappa shape index (κ3) is 5.59. The Labute approximate surface area is 206 Å². The van der Waals surface area contributed by atoms with Gasteiger partial charge in [-0.3, -0.25) is 0 Å². The molecule has 9 heteroatoms. The van der Waals surface area contributed by atoms with Crippen molar-refractivity contribution in [2.45, 2.75) is 37.8 Å². The highest BCUT2D eigenvalue weighted by molar-refractivity contribution is 7.80. The van der Waals surface area contributed by atoms with E-state index in [0.717, 1.165) is 53.8 Å². The van der Waals surface area contributed by atoms with Crippen molar-refractivity contribution in [3.63, 3.8) is 0 Å². The Bertz CT molecular complexity index is 1150. The first-order valence-corrected chi connectivity index (χ1v) is 11.9. The number of nitrogens with zero attached hydrogens (tertiary/aromatic N) is 3. The molecular formula is C25H32N6O2S. The molecule has 4 rings (SSSR count). The van der Waals surface area contributed by atoms with Gasteiger partial charge in [0.25, 0.3) is 0 Å². The van der Waals surface area contributed by atoms with Gasteiger partial charge in [-0.2, -0.15) is 4.98 Å². The average molecular weight is 481 g/mol.